The summed E-state index contributed by atoms with van der Waals surface area (Å²) >= 11 is 5.83. The molecule has 0 radical (unpaired) electrons. The number of hydrogen-bond donors (Lipinski definition) is 1. The minimum absolute atomic E-state index is 0.592. The van der Waals surface area contributed by atoms with Gasteiger partial charge in [-0.25, -0.2) is 9.97 Å². The molecule has 18 heavy (non-hydrogen) atoms. The Labute approximate surface area is 114 Å². The van der Waals surface area contributed by atoms with Crippen LogP contribution in [-0.2, 0) is 0 Å². The number of halogens is 1. The van der Waals surface area contributed by atoms with E-state index in [1.165, 1.54) is 12.8 Å². The van der Waals surface area contributed by atoms with Crippen LogP contribution in [0.4, 0.5) is 5.95 Å². The predicted molar refractivity (Wildman–Crippen MR) is 75.1 cm³/mol. The average Bonchev–Trinajstić information content (AvgIpc) is 2.40. The van der Waals surface area contributed by atoms with Crippen molar-refractivity contribution in [3.63, 3.8) is 0 Å². The molecule has 2 heterocycles. The normalized spacial score (nSPS) is 19.8. The smallest absolute Gasteiger partial charge is 0.225 e. The number of rotatable bonds is 5. The van der Waals surface area contributed by atoms with Crippen LogP contribution in [-0.4, -0.2) is 36.1 Å². The molecule has 1 aromatic heterocycles. The first kappa shape index (κ1) is 13.6. The molecule has 0 bridgehead atoms. The summed E-state index contributed by atoms with van der Waals surface area (Å²) in [5.74, 6) is 1.50. The lowest BCUT2D eigenvalue weighted by Crippen LogP contribution is -2.39. The van der Waals surface area contributed by atoms with Crippen molar-refractivity contribution in [2.45, 2.75) is 26.2 Å². The molecule has 1 atom stereocenters. The Hall–Kier alpha value is -0.870. The summed E-state index contributed by atoms with van der Waals surface area (Å²) in [6.45, 7) is 6.47. The van der Waals surface area contributed by atoms with Crippen LogP contribution in [0.2, 0.25) is 5.02 Å². The standard InChI is InChI=1S/C13H21ClN4/c1-2-6-18(10-11-4-3-5-15-7-11)13-16-8-12(14)9-17-13/h8-9,11,15H,2-7,10H2,1H3. The van der Waals surface area contributed by atoms with E-state index in [1.807, 2.05) is 0 Å². The Morgan fingerprint density at radius 2 is 2.22 bits per heavy atom. The first-order chi connectivity index (χ1) is 8.79. The molecule has 5 heteroatoms. The van der Waals surface area contributed by atoms with Crippen molar-refractivity contribution in [1.29, 1.82) is 0 Å². The minimum atomic E-state index is 0.592. The Morgan fingerprint density at radius 1 is 1.44 bits per heavy atom. The van der Waals surface area contributed by atoms with Crippen molar-refractivity contribution in [2.24, 2.45) is 5.92 Å². The van der Waals surface area contributed by atoms with E-state index >= 15 is 0 Å². The number of hydrogen-bond acceptors (Lipinski definition) is 4. The molecule has 1 saturated heterocycles. The molecule has 0 saturated carbocycles. The molecule has 100 valence electrons. The lowest BCUT2D eigenvalue weighted by atomic mass is 9.99. The first-order valence-electron chi connectivity index (χ1n) is 6.72. The molecule has 2 rings (SSSR count). The first-order valence-corrected chi connectivity index (χ1v) is 7.10. The van der Waals surface area contributed by atoms with Crippen LogP contribution in [0.5, 0.6) is 0 Å². The van der Waals surface area contributed by atoms with Crippen molar-refractivity contribution in [1.82, 2.24) is 15.3 Å². The van der Waals surface area contributed by atoms with E-state index in [1.54, 1.807) is 12.4 Å². The van der Waals surface area contributed by atoms with Gasteiger partial charge in [-0.2, -0.15) is 0 Å². The number of piperidine rings is 1. The van der Waals surface area contributed by atoms with E-state index in [4.69, 9.17) is 11.6 Å². The molecule has 1 aromatic rings. The van der Waals surface area contributed by atoms with E-state index in [9.17, 15) is 0 Å². The highest BCUT2D eigenvalue weighted by atomic mass is 35.5. The van der Waals surface area contributed by atoms with Crippen LogP contribution in [0, 0.1) is 5.92 Å². The number of nitrogens with zero attached hydrogens (tertiary/aromatic N) is 3. The average molecular weight is 269 g/mol. The highest BCUT2D eigenvalue weighted by Crippen LogP contribution is 2.16. The maximum atomic E-state index is 5.83. The zero-order chi connectivity index (χ0) is 12.8. The van der Waals surface area contributed by atoms with Gasteiger partial charge in [0.25, 0.3) is 0 Å². The third kappa shape index (κ3) is 3.82. The molecule has 1 N–H and O–H groups in total. The lowest BCUT2D eigenvalue weighted by molar-refractivity contribution is 0.375. The van der Waals surface area contributed by atoms with Gasteiger partial charge in [0.15, 0.2) is 0 Å². The van der Waals surface area contributed by atoms with E-state index < -0.39 is 0 Å². The maximum Gasteiger partial charge on any atom is 0.225 e. The van der Waals surface area contributed by atoms with Gasteiger partial charge in [-0.1, -0.05) is 18.5 Å². The third-order valence-electron chi connectivity index (χ3n) is 3.26. The molecule has 1 aliphatic heterocycles. The van der Waals surface area contributed by atoms with Crippen molar-refractivity contribution >= 4 is 17.5 Å². The van der Waals surface area contributed by atoms with Crippen molar-refractivity contribution < 1.29 is 0 Å². The summed E-state index contributed by atoms with van der Waals surface area (Å²) in [6.07, 6.45) is 7.01. The molecule has 0 aliphatic carbocycles. The van der Waals surface area contributed by atoms with Crippen LogP contribution < -0.4 is 10.2 Å². The molecule has 1 unspecified atom stereocenters. The second-order valence-corrected chi connectivity index (χ2v) is 5.30. The van der Waals surface area contributed by atoms with Gasteiger partial charge in [0, 0.05) is 13.1 Å². The summed E-state index contributed by atoms with van der Waals surface area (Å²) in [6, 6.07) is 0. The molecular formula is C13H21ClN4. The SMILES string of the molecule is CCCN(CC1CCCNC1)c1ncc(Cl)cn1. The van der Waals surface area contributed by atoms with Gasteiger partial charge in [0.2, 0.25) is 5.95 Å². The van der Waals surface area contributed by atoms with Crippen molar-refractivity contribution in [3.8, 4) is 0 Å². The van der Waals surface area contributed by atoms with Crippen molar-refractivity contribution in [3.05, 3.63) is 17.4 Å². The number of nitrogens with one attached hydrogen (secondary N) is 1. The van der Waals surface area contributed by atoms with Crippen molar-refractivity contribution in [2.75, 3.05) is 31.1 Å². The fourth-order valence-corrected chi connectivity index (χ4v) is 2.50. The van der Waals surface area contributed by atoms with Crippen LogP contribution in [0.15, 0.2) is 12.4 Å². The van der Waals surface area contributed by atoms with Gasteiger partial charge in [-0.05, 0) is 38.3 Å². The van der Waals surface area contributed by atoms with E-state index in [-0.39, 0.29) is 0 Å². The lowest BCUT2D eigenvalue weighted by Gasteiger charge is -2.30. The van der Waals surface area contributed by atoms with Gasteiger partial charge < -0.3 is 10.2 Å². The molecule has 0 aromatic carbocycles. The molecule has 0 amide bonds. The van der Waals surface area contributed by atoms with Gasteiger partial charge in [-0.3, -0.25) is 0 Å². The Bertz CT molecular complexity index is 349. The number of anilines is 1. The van der Waals surface area contributed by atoms with Crippen LogP contribution in [0.3, 0.4) is 0 Å². The molecule has 4 nitrogen and oxygen atoms in total. The topological polar surface area (TPSA) is 41.0 Å². The fraction of sp³-hybridized carbons (Fsp3) is 0.692. The predicted octanol–water partition coefficient (Wildman–Crippen LogP) is 2.35. The van der Waals surface area contributed by atoms with Gasteiger partial charge in [0.1, 0.15) is 0 Å². The Balaban J connectivity index is 2.00. The third-order valence-corrected chi connectivity index (χ3v) is 3.46. The second-order valence-electron chi connectivity index (χ2n) is 4.86. The molecular weight excluding hydrogens is 248 g/mol. The van der Waals surface area contributed by atoms with Crippen LogP contribution in [0.1, 0.15) is 26.2 Å². The Morgan fingerprint density at radius 3 is 2.83 bits per heavy atom. The zero-order valence-corrected chi connectivity index (χ0v) is 11.7. The maximum absolute atomic E-state index is 5.83. The van der Waals surface area contributed by atoms with E-state index in [0.717, 1.165) is 38.5 Å². The van der Waals surface area contributed by atoms with Crippen LogP contribution in [0.25, 0.3) is 0 Å². The highest BCUT2D eigenvalue weighted by Gasteiger charge is 2.18. The number of aromatic nitrogens is 2. The van der Waals surface area contributed by atoms with Gasteiger partial charge in [0.05, 0.1) is 17.4 Å². The van der Waals surface area contributed by atoms with E-state index in [0.29, 0.717) is 10.9 Å². The summed E-state index contributed by atoms with van der Waals surface area (Å²) in [4.78, 5) is 10.9. The van der Waals surface area contributed by atoms with Crippen LogP contribution >= 0.6 is 11.6 Å². The summed E-state index contributed by atoms with van der Waals surface area (Å²) < 4.78 is 0. The molecule has 1 fully saturated rings. The fourth-order valence-electron chi connectivity index (χ4n) is 2.40. The van der Waals surface area contributed by atoms with E-state index in [2.05, 4.69) is 27.1 Å². The highest BCUT2D eigenvalue weighted by molar-refractivity contribution is 6.30. The zero-order valence-electron chi connectivity index (χ0n) is 10.9. The Kier molecular flexibility index (Phi) is 5.20. The summed E-state index contributed by atoms with van der Waals surface area (Å²) in [5, 5.41) is 4.05. The molecule has 0 spiro atoms. The molecule has 1 aliphatic rings. The minimum Gasteiger partial charge on any atom is -0.341 e. The second kappa shape index (κ2) is 6.90. The summed E-state index contributed by atoms with van der Waals surface area (Å²) in [5.41, 5.74) is 0. The van der Waals surface area contributed by atoms with Gasteiger partial charge in [-0.15, -0.1) is 0 Å². The monoisotopic (exact) mass is 268 g/mol. The summed E-state index contributed by atoms with van der Waals surface area (Å²) in [7, 11) is 0. The van der Waals surface area contributed by atoms with Gasteiger partial charge >= 0.3 is 0 Å². The largest absolute Gasteiger partial charge is 0.341 e. The quantitative estimate of drug-likeness (QED) is 0.890.